The molecule has 5 heteroatoms. The number of benzene rings is 1. The van der Waals surface area contributed by atoms with E-state index in [0.717, 1.165) is 5.69 Å². The third kappa shape index (κ3) is 4.15. The van der Waals surface area contributed by atoms with Crippen LogP contribution in [0, 0.1) is 12.7 Å². The zero-order valence-corrected chi connectivity index (χ0v) is 14.9. The van der Waals surface area contributed by atoms with Crippen molar-refractivity contribution >= 4 is 11.8 Å². The highest BCUT2D eigenvalue weighted by Gasteiger charge is 2.39. The Morgan fingerprint density at radius 2 is 1.91 bits per heavy atom. The fourth-order valence-electron chi connectivity index (χ4n) is 2.81. The highest BCUT2D eigenvalue weighted by Crippen LogP contribution is 2.28. The van der Waals surface area contributed by atoms with Gasteiger partial charge in [-0.05, 0) is 59.2 Å². The maximum Gasteiger partial charge on any atom is 0.410 e. The average molecular weight is 322 g/mol. The summed E-state index contributed by atoms with van der Waals surface area (Å²) in [6, 6.07) is 5.28. The lowest BCUT2D eigenvalue weighted by atomic mass is 9.98. The molecule has 2 rings (SSSR count). The number of carbonyl (C=O) groups excluding carboxylic acids is 1. The van der Waals surface area contributed by atoms with Crippen LogP contribution in [0.15, 0.2) is 18.2 Å². The first kappa shape index (κ1) is 17.6. The normalized spacial score (nSPS) is 18.0. The molecule has 4 nitrogen and oxygen atoms in total. The van der Waals surface area contributed by atoms with Gasteiger partial charge in [-0.1, -0.05) is 6.07 Å². The van der Waals surface area contributed by atoms with E-state index < -0.39 is 5.60 Å². The lowest BCUT2D eigenvalue weighted by Gasteiger charge is -2.47. The van der Waals surface area contributed by atoms with Crippen LogP contribution >= 0.6 is 0 Å². The Bertz CT molecular complexity index is 593. The highest BCUT2D eigenvalue weighted by atomic mass is 19.1. The Balaban J connectivity index is 2.13. The van der Waals surface area contributed by atoms with Crippen LogP contribution in [0.25, 0.3) is 0 Å². The molecule has 0 aliphatic carbocycles. The number of nitrogens with zero attached hydrogens (tertiary/aromatic N) is 2. The standard InChI is InChI=1S/C18H27FN2O2/c1-13-7-8-14(11-15(13)19)20-9-10-21(18(5,6)12-20)16(22)23-17(2,3)4/h7-8,11H,9-10,12H2,1-6H3. The van der Waals surface area contributed by atoms with E-state index in [2.05, 4.69) is 4.90 Å². The van der Waals surface area contributed by atoms with E-state index in [1.54, 1.807) is 24.0 Å². The van der Waals surface area contributed by atoms with Crippen molar-refractivity contribution in [3.8, 4) is 0 Å². The third-order valence-corrected chi connectivity index (χ3v) is 4.04. The molecular weight excluding hydrogens is 295 g/mol. The SMILES string of the molecule is Cc1ccc(N2CCN(C(=O)OC(C)(C)C)C(C)(C)C2)cc1F. The van der Waals surface area contributed by atoms with Gasteiger partial charge in [0.2, 0.25) is 0 Å². The second-order valence-corrected chi connectivity index (χ2v) is 7.80. The van der Waals surface area contributed by atoms with Crippen molar-refractivity contribution in [1.82, 2.24) is 4.90 Å². The van der Waals surface area contributed by atoms with Crippen molar-refractivity contribution in [3.05, 3.63) is 29.6 Å². The highest BCUT2D eigenvalue weighted by molar-refractivity contribution is 5.70. The van der Waals surface area contributed by atoms with E-state index in [1.165, 1.54) is 0 Å². The Labute approximate surface area is 138 Å². The Hall–Kier alpha value is -1.78. The van der Waals surface area contributed by atoms with E-state index in [0.29, 0.717) is 25.2 Å². The van der Waals surface area contributed by atoms with Crippen LogP contribution in [-0.2, 0) is 4.74 Å². The number of halogens is 1. The molecule has 0 unspecified atom stereocenters. The van der Waals surface area contributed by atoms with Crippen LogP contribution in [0.3, 0.4) is 0 Å². The molecule has 1 heterocycles. The van der Waals surface area contributed by atoms with Crippen LogP contribution in [0.5, 0.6) is 0 Å². The van der Waals surface area contributed by atoms with E-state index in [9.17, 15) is 9.18 Å². The molecule has 1 aliphatic rings. The molecule has 0 atom stereocenters. The van der Waals surface area contributed by atoms with Crippen molar-refractivity contribution in [3.63, 3.8) is 0 Å². The molecule has 1 aromatic carbocycles. The smallest absolute Gasteiger partial charge is 0.410 e. The summed E-state index contributed by atoms with van der Waals surface area (Å²) in [5, 5.41) is 0. The first-order valence-electron chi connectivity index (χ1n) is 8.01. The maximum atomic E-state index is 13.8. The first-order valence-corrected chi connectivity index (χ1v) is 8.01. The van der Waals surface area contributed by atoms with Crippen LogP contribution in [0.4, 0.5) is 14.9 Å². The van der Waals surface area contributed by atoms with Gasteiger partial charge in [0.05, 0.1) is 5.54 Å². The summed E-state index contributed by atoms with van der Waals surface area (Å²) in [5.74, 6) is -0.199. The second kappa shape index (κ2) is 6.02. The molecule has 0 spiro atoms. The minimum Gasteiger partial charge on any atom is -0.444 e. The summed E-state index contributed by atoms with van der Waals surface area (Å²) >= 11 is 0. The molecule has 0 N–H and O–H groups in total. The van der Waals surface area contributed by atoms with E-state index in [-0.39, 0.29) is 17.4 Å². The predicted octanol–water partition coefficient (Wildman–Crippen LogP) is 3.97. The fourth-order valence-corrected chi connectivity index (χ4v) is 2.81. The number of hydrogen-bond acceptors (Lipinski definition) is 3. The molecule has 0 radical (unpaired) electrons. The summed E-state index contributed by atoms with van der Waals surface area (Å²) in [5.41, 5.74) is 0.595. The van der Waals surface area contributed by atoms with Gasteiger partial charge in [0.1, 0.15) is 11.4 Å². The lowest BCUT2D eigenvalue weighted by Crippen LogP contribution is -2.61. The molecule has 1 aliphatic heterocycles. The number of anilines is 1. The monoisotopic (exact) mass is 322 g/mol. The minimum absolute atomic E-state index is 0.199. The molecule has 1 amide bonds. The quantitative estimate of drug-likeness (QED) is 0.784. The summed E-state index contributed by atoms with van der Waals surface area (Å²) in [6.45, 7) is 13.2. The third-order valence-electron chi connectivity index (χ3n) is 4.04. The van der Waals surface area contributed by atoms with Gasteiger partial charge in [-0.15, -0.1) is 0 Å². The minimum atomic E-state index is -0.510. The van der Waals surface area contributed by atoms with Crippen molar-refractivity contribution in [1.29, 1.82) is 0 Å². The van der Waals surface area contributed by atoms with Gasteiger partial charge in [0.15, 0.2) is 0 Å². The Morgan fingerprint density at radius 3 is 2.43 bits per heavy atom. The van der Waals surface area contributed by atoms with E-state index in [4.69, 9.17) is 4.74 Å². The van der Waals surface area contributed by atoms with Crippen LogP contribution in [0.2, 0.25) is 0 Å². The molecule has 1 aromatic rings. The average Bonchev–Trinajstić information content (AvgIpc) is 2.38. The number of ether oxygens (including phenoxy) is 1. The van der Waals surface area contributed by atoms with Crippen molar-refractivity contribution in [2.45, 2.75) is 52.7 Å². The zero-order valence-electron chi connectivity index (χ0n) is 14.9. The van der Waals surface area contributed by atoms with Crippen LogP contribution < -0.4 is 4.90 Å². The molecule has 23 heavy (non-hydrogen) atoms. The zero-order chi connectivity index (χ0) is 17.4. The molecule has 128 valence electrons. The topological polar surface area (TPSA) is 32.8 Å². The largest absolute Gasteiger partial charge is 0.444 e. The number of rotatable bonds is 1. The number of amides is 1. The van der Waals surface area contributed by atoms with Crippen molar-refractivity contribution < 1.29 is 13.9 Å². The summed E-state index contributed by atoms with van der Waals surface area (Å²) in [6.07, 6.45) is -0.294. The summed E-state index contributed by atoms with van der Waals surface area (Å²) in [4.78, 5) is 16.3. The fraction of sp³-hybridized carbons (Fsp3) is 0.611. The van der Waals surface area contributed by atoms with Gasteiger partial charge in [-0.3, -0.25) is 4.90 Å². The number of aryl methyl sites for hydroxylation is 1. The molecule has 1 saturated heterocycles. The number of hydrogen-bond donors (Lipinski definition) is 0. The maximum absolute atomic E-state index is 13.8. The van der Waals surface area contributed by atoms with E-state index in [1.807, 2.05) is 40.7 Å². The molecule has 0 saturated carbocycles. The number of piperazine rings is 1. The van der Waals surface area contributed by atoms with E-state index >= 15 is 0 Å². The Kier molecular flexibility index (Phi) is 4.60. The first-order chi connectivity index (χ1) is 10.5. The van der Waals surface area contributed by atoms with Crippen LogP contribution in [0.1, 0.15) is 40.2 Å². The second-order valence-electron chi connectivity index (χ2n) is 7.80. The van der Waals surface area contributed by atoms with Gasteiger partial charge < -0.3 is 9.64 Å². The number of carbonyl (C=O) groups is 1. The summed E-state index contributed by atoms with van der Waals surface area (Å²) < 4.78 is 19.3. The van der Waals surface area contributed by atoms with Gasteiger partial charge in [-0.2, -0.15) is 0 Å². The summed E-state index contributed by atoms with van der Waals surface area (Å²) in [7, 11) is 0. The predicted molar refractivity (Wildman–Crippen MR) is 90.4 cm³/mol. The van der Waals surface area contributed by atoms with Crippen molar-refractivity contribution in [2.75, 3.05) is 24.5 Å². The van der Waals surface area contributed by atoms with Gasteiger partial charge in [-0.25, -0.2) is 9.18 Å². The van der Waals surface area contributed by atoms with Crippen molar-refractivity contribution in [2.24, 2.45) is 0 Å². The Morgan fingerprint density at radius 1 is 1.26 bits per heavy atom. The van der Waals surface area contributed by atoms with Crippen LogP contribution in [-0.4, -0.2) is 41.8 Å². The van der Waals surface area contributed by atoms with Gasteiger partial charge in [0, 0.05) is 25.3 Å². The lowest BCUT2D eigenvalue weighted by molar-refractivity contribution is 0.000372. The molecule has 1 fully saturated rings. The van der Waals surface area contributed by atoms with Gasteiger partial charge in [0.25, 0.3) is 0 Å². The molecule has 0 aromatic heterocycles. The molecule has 0 bridgehead atoms. The van der Waals surface area contributed by atoms with Gasteiger partial charge >= 0.3 is 6.09 Å². The molecular formula is C18H27FN2O2.